The molecule has 140 valence electrons. The average molecular weight is 447 g/mol. The van der Waals surface area contributed by atoms with Crippen LogP contribution in [0.2, 0.25) is 0 Å². The molecule has 0 atom stereocenters. The first-order valence-corrected chi connectivity index (χ1v) is 10.1. The second-order valence-electron chi connectivity index (χ2n) is 6.10. The number of thiazole rings is 1. The van der Waals surface area contributed by atoms with Crippen LogP contribution in [0, 0.1) is 13.8 Å². The van der Waals surface area contributed by atoms with E-state index in [0.717, 1.165) is 21.3 Å². The van der Waals surface area contributed by atoms with Crippen LogP contribution in [-0.2, 0) is 16.1 Å². The maximum atomic E-state index is 12.7. The lowest BCUT2D eigenvalue weighted by Gasteiger charge is -2.07. The molecule has 5 nitrogen and oxygen atoms in total. The van der Waals surface area contributed by atoms with Crippen molar-refractivity contribution in [3.8, 4) is 0 Å². The van der Waals surface area contributed by atoms with Crippen LogP contribution in [0.5, 0.6) is 0 Å². The van der Waals surface area contributed by atoms with Crippen molar-refractivity contribution in [1.82, 2.24) is 4.57 Å². The van der Waals surface area contributed by atoms with Gasteiger partial charge < -0.3 is 9.30 Å². The molecule has 0 radical (unpaired) electrons. The summed E-state index contributed by atoms with van der Waals surface area (Å²) in [5, 5.41) is 0. The van der Waals surface area contributed by atoms with Gasteiger partial charge in [0.25, 0.3) is 5.91 Å². The predicted octanol–water partition coefficient (Wildman–Crippen LogP) is 4.39. The number of hydrogen-bond donors (Lipinski definition) is 0. The molecule has 0 bridgehead atoms. The summed E-state index contributed by atoms with van der Waals surface area (Å²) in [5.41, 5.74) is 3.52. The van der Waals surface area contributed by atoms with Crippen molar-refractivity contribution in [3.63, 3.8) is 0 Å². The highest BCUT2D eigenvalue weighted by molar-refractivity contribution is 9.10. The zero-order valence-corrected chi connectivity index (χ0v) is 17.7. The van der Waals surface area contributed by atoms with Crippen LogP contribution in [0.15, 0.2) is 45.9 Å². The molecule has 2 aromatic carbocycles. The van der Waals surface area contributed by atoms with Crippen molar-refractivity contribution < 1.29 is 14.3 Å². The molecule has 0 saturated heterocycles. The lowest BCUT2D eigenvalue weighted by atomic mass is 10.1. The Hall–Kier alpha value is -2.25. The van der Waals surface area contributed by atoms with Gasteiger partial charge in [0, 0.05) is 4.47 Å². The van der Waals surface area contributed by atoms with E-state index in [2.05, 4.69) is 27.0 Å². The summed E-state index contributed by atoms with van der Waals surface area (Å²) in [7, 11) is 0. The smallest absolute Gasteiger partial charge is 0.326 e. The second kappa shape index (κ2) is 8.19. The van der Waals surface area contributed by atoms with Gasteiger partial charge in [-0.25, -0.2) is 0 Å². The van der Waals surface area contributed by atoms with Crippen LogP contribution in [0.4, 0.5) is 0 Å². The minimum Gasteiger partial charge on any atom is -0.465 e. The zero-order chi connectivity index (χ0) is 19.6. The monoisotopic (exact) mass is 446 g/mol. The van der Waals surface area contributed by atoms with E-state index in [0.29, 0.717) is 21.4 Å². The second-order valence-corrected chi connectivity index (χ2v) is 7.96. The predicted molar refractivity (Wildman–Crippen MR) is 110 cm³/mol. The molecule has 0 N–H and O–H groups in total. The Morgan fingerprint density at radius 2 is 1.96 bits per heavy atom. The topological polar surface area (TPSA) is 60.7 Å². The first-order valence-electron chi connectivity index (χ1n) is 8.50. The highest BCUT2D eigenvalue weighted by atomic mass is 79.9. The van der Waals surface area contributed by atoms with E-state index >= 15 is 0 Å². The third-order valence-corrected chi connectivity index (χ3v) is 5.72. The van der Waals surface area contributed by atoms with Crippen LogP contribution in [0.1, 0.15) is 28.4 Å². The number of halogens is 1. The summed E-state index contributed by atoms with van der Waals surface area (Å²) in [6.07, 6.45) is 0. The molecule has 0 aliphatic carbocycles. The summed E-state index contributed by atoms with van der Waals surface area (Å²) in [4.78, 5) is 29.6. The highest BCUT2D eigenvalue weighted by Gasteiger charge is 2.15. The lowest BCUT2D eigenvalue weighted by Crippen LogP contribution is -2.23. The summed E-state index contributed by atoms with van der Waals surface area (Å²) >= 11 is 4.78. The molecule has 7 heteroatoms. The van der Waals surface area contributed by atoms with Gasteiger partial charge in [-0.1, -0.05) is 29.5 Å². The summed E-state index contributed by atoms with van der Waals surface area (Å²) < 4.78 is 8.53. The van der Waals surface area contributed by atoms with Gasteiger partial charge in [-0.3, -0.25) is 9.59 Å². The van der Waals surface area contributed by atoms with Gasteiger partial charge in [0.1, 0.15) is 6.54 Å². The number of carbonyl (C=O) groups excluding carboxylic acids is 2. The number of amides is 1. The molecule has 0 saturated carbocycles. The van der Waals surface area contributed by atoms with Crippen molar-refractivity contribution in [2.24, 2.45) is 4.99 Å². The quantitative estimate of drug-likeness (QED) is 0.558. The van der Waals surface area contributed by atoms with Gasteiger partial charge in [-0.15, -0.1) is 0 Å². The molecule has 0 fully saturated rings. The number of benzene rings is 2. The van der Waals surface area contributed by atoms with Gasteiger partial charge in [0.15, 0.2) is 4.80 Å². The van der Waals surface area contributed by atoms with Crippen LogP contribution >= 0.6 is 27.3 Å². The summed E-state index contributed by atoms with van der Waals surface area (Å²) in [6, 6.07) is 11.2. The molecule has 1 aromatic heterocycles. The zero-order valence-electron chi connectivity index (χ0n) is 15.3. The Labute approximate surface area is 169 Å². The number of rotatable bonds is 4. The van der Waals surface area contributed by atoms with Crippen molar-refractivity contribution >= 4 is 49.4 Å². The van der Waals surface area contributed by atoms with E-state index in [1.165, 1.54) is 11.3 Å². The number of aryl methyl sites for hydroxylation is 2. The Balaban J connectivity index is 2.19. The van der Waals surface area contributed by atoms with E-state index in [9.17, 15) is 9.59 Å². The molecule has 1 heterocycles. The van der Waals surface area contributed by atoms with Gasteiger partial charge >= 0.3 is 5.97 Å². The van der Waals surface area contributed by atoms with Crippen molar-refractivity contribution in [1.29, 1.82) is 0 Å². The van der Waals surface area contributed by atoms with Crippen LogP contribution < -0.4 is 4.80 Å². The number of fused-ring (bicyclic) bond motifs is 1. The van der Waals surface area contributed by atoms with Gasteiger partial charge in [-0.2, -0.15) is 4.99 Å². The third kappa shape index (κ3) is 4.20. The van der Waals surface area contributed by atoms with E-state index < -0.39 is 0 Å². The van der Waals surface area contributed by atoms with Crippen LogP contribution in [0.3, 0.4) is 0 Å². The van der Waals surface area contributed by atoms with E-state index in [1.54, 1.807) is 29.7 Å². The normalized spacial score (nSPS) is 11.8. The van der Waals surface area contributed by atoms with Crippen LogP contribution in [-0.4, -0.2) is 23.1 Å². The molecule has 0 unspecified atom stereocenters. The number of ether oxygens (including phenoxy) is 1. The number of nitrogens with zero attached hydrogens (tertiary/aromatic N) is 2. The number of aromatic nitrogens is 1. The summed E-state index contributed by atoms with van der Waals surface area (Å²) in [5.74, 6) is -0.715. The number of hydrogen-bond acceptors (Lipinski definition) is 4. The Morgan fingerprint density at radius 1 is 1.22 bits per heavy atom. The summed E-state index contributed by atoms with van der Waals surface area (Å²) in [6.45, 7) is 6.10. The van der Waals surface area contributed by atoms with Crippen molar-refractivity contribution in [2.45, 2.75) is 27.3 Å². The van der Waals surface area contributed by atoms with Gasteiger partial charge in [0.2, 0.25) is 0 Å². The molecule has 0 aliphatic heterocycles. The fraction of sp³-hybridized carbons (Fsp3) is 0.250. The number of carbonyl (C=O) groups is 2. The SMILES string of the molecule is CCOC(=O)Cn1c(=NC(=O)c2ccccc2Br)sc2cc(C)cc(C)c21. The molecule has 1 amide bonds. The van der Waals surface area contributed by atoms with Crippen LogP contribution in [0.25, 0.3) is 10.2 Å². The highest BCUT2D eigenvalue weighted by Crippen LogP contribution is 2.24. The first kappa shape index (κ1) is 19.5. The third-order valence-electron chi connectivity index (χ3n) is 4.01. The molecular formula is C20H19BrN2O3S. The first-order chi connectivity index (χ1) is 12.9. The largest absolute Gasteiger partial charge is 0.465 e. The van der Waals surface area contributed by atoms with Gasteiger partial charge in [0.05, 0.1) is 22.4 Å². The molecule has 3 rings (SSSR count). The van der Waals surface area contributed by atoms with Crippen molar-refractivity contribution in [3.05, 3.63) is 62.4 Å². The minimum atomic E-state index is -0.360. The molecule has 0 spiro atoms. The van der Waals surface area contributed by atoms with Gasteiger partial charge in [-0.05, 0) is 66.0 Å². The molecule has 27 heavy (non-hydrogen) atoms. The Bertz CT molecular complexity index is 1100. The van der Waals surface area contributed by atoms with E-state index in [1.807, 2.05) is 26.0 Å². The molecular weight excluding hydrogens is 428 g/mol. The van der Waals surface area contributed by atoms with Crippen molar-refractivity contribution in [2.75, 3.05) is 6.61 Å². The molecule has 0 aliphatic rings. The minimum absolute atomic E-state index is 0.0137. The average Bonchev–Trinajstić information content (AvgIpc) is 2.92. The molecule has 3 aromatic rings. The standard InChI is InChI=1S/C20H19BrN2O3S/c1-4-26-17(24)11-23-18-13(3)9-12(2)10-16(18)27-20(23)22-19(25)14-7-5-6-8-15(14)21/h5-10H,4,11H2,1-3H3. The Morgan fingerprint density at radius 3 is 2.67 bits per heavy atom. The maximum absolute atomic E-state index is 12.7. The Kier molecular flexibility index (Phi) is 5.92. The van der Waals surface area contributed by atoms with E-state index in [4.69, 9.17) is 4.74 Å². The fourth-order valence-corrected chi connectivity index (χ4v) is 4.60. The maximum Gasteiger partial charge on any atom is 0.326 e. The fourth-order valence-electron chi connectivity index (χ4n) is 2.94. The lowest BCUT2D eigenvalue weighted by molar-refractivity contribution is -0.143. The number of esters is 1. The van der Waals surface area contributed by atoms with E-state index in [-0.39, 0.29) is 18.4 Å².